The van der Waals surface area contributed by atoms with Crippen LogP contribution >= 0.6 is 11.3 Å². The molecule has 1 atom stereocenters. The summed E-state index contributed by atoms with van der Waals surface area (Å²) in [5.74, 6) is -0.254. The van der Waals surface area contributed by atoms with Crippen molar-refractivity contribution in [3.63, 3.8) is 0 Å². The molecule has 1 aliphatic rings. The molecule has 2 aromatic heterocycles. The third kappa shape index (κ3) is 6.06. The average molecular weight is 624 g/mol. The van der Waals surface area contributed by atoms with E-state index >= 15 is 0 Å². The number of carbonyl (C=O) groups excluding carboxylic acids is 2. The van der Waals surface area contributed by atoms with E-state index in [1.165, 1.54) is 43.6 Å². The molecule has 0 aliphatic heterocycles. The summed E-state index contributed by atoms with van der Waals surface area (Å²) in [6.07, 6.45) is -2.45. The molecular weight excluding hydrogens is 591 g/mol. The van der Waals surface area contributed by atoms with Gasteiger partial charge in [-0.25, -0.2) is 4.68 Å². The second kappa shape index (κ2) is 11.7. The largest absolute Gasteiger partial charge is 0.497 e. The highest BCUT2D eigenvalue weighted by Gasteiger charge is 2.36. The number of alkyl halides is 3. The number of nitrogens with zero attached hydrogens (tertiary/aromatic N) is 2. The molecule has 0 fully saturated rings. The van der Waals surface area contributed by atoms with Crippen LogP contribution in [0.25, 0.3) is 5.69 Å². The smallest absolute Gasteiger partial charge is 0.418 e. The van der Waals surface area contributed by atoms with E-state index in [1.807, 2.05) is 0 Å². The first-order valence-electron chi connectivity index (χ1n) is 14.1. The van der Waals surface area contributed by atoms with E-state index in [2.05, 4.69) is 31.2 Å². The second-order valence-corrected chi connectivity index (χ2v) is 13.1. The predicted octanol–water partition coefficient (Wildman–Crippen LogP) is 7.26. The molecule has 0 saturated heterocycles. The van der Waals surface area contributed by atoms with Crippen molar-refractivity contribution in [3.8, 4) is 11.4 Å². The van der Waals surface area contributed by atoms with Crippen LogP contribution in [-0.4, -0.2) is 28.6 Å². The van der Waals surface area contributed by atoms with Crippen molar-refractivity contribution >= 4 is 28.0 Å². The van der Waals surface area contributed by atoms with Crippen LogP contribution < -0.4 is 15.5 Å². The number of methoxy groups -OCH3 is 1. The zero-order chi connectivity index (χ0) is 32.0. The first-order valence-corrected chi connectivity index (χ1v) is 14.9. The minimum Gasteiger partial charge on any atom is -0.497 e. The molecule has 11 heteroatoms. The molecule has 7 nitrogen and oxygen atoms in total. The van der Waals surface area contributed by atoms with E-state index in [4.69, 9.17) is 4.74 Å². The SMILES string of the molecule is COc1ccc(C(=O)c2c(NC(=O)c3nn(-c4ccccc4C(F)(F)F)c(C)cc3=O)sc3c2CCC(C(C)(C)C)C3)cc1. The van der Waals surface area contributed by atoms with Gasteiger partial charge in [0.1, 0.15) is 10.8 Å². The summed E-state index contributed by atoms with van der Waals surface area (Å²) < 4.78 is 47.5. The van der Waals surface area contributed by atoms with Gasteiger partial charge in [0.2, 0.25) is 5.43 Å². The quantitative estimate of drug-likeness (QED) is 0.228. The fraction of sp³-hybridized carbons (Fsp3) is 0.333. The lowest BCUT2D eigenvalue weighted by molar-refractivity contribution is -0.137. The number of anilines is 1. The minimum atomic E-state index is -4.69. The average Bonchev–Trinajstić information content (AvgIpc) is 3.33. The van der Waals surface area contributed by atoms with Gasteiger partial charge in [0, 0.05) is 22.2 Å². The maximum atomic E-state index is 13.9. The molecule has 1 amide bonds. The summed E-state index contributed by atoms with van der Waals surface area (Å²) in [6.45, 7) is 7.96. The Labute approximate surface area is 256 Å². The number of ether oxygens (including phenoxy) is 1. The molecular formula is C33H32F3N3O4S. The van der Waals surface area contributed by atoms with Crippen molar-refractivity contribution in [2.45, 2.75) is 53.1 Å². The molecule has 5 rings (SSSR count). The number of benzene rings is 2. The Hall–Kier alpha value is -4.25. The first-order chi connectivity index (χ1) is 20.7. The van der Waals surface area contributed by atoms with Crippen molar-refractivity contribution in [3.05, 3.63) is 103 Å². The number of ketones is 1. The van der Waals surface area contributed by atoms with E-state index in [0.717, 1.165) is 40.1 Å². The highest BCUT2D eigenvalue weighted by molar-refractivity contribution is 7.17. The van der Waals surface area contributed by atoms with Gasteiger partial charge in [-0.3, -0.25) is 14.4 Å². The van der Waals surface area contributed by atoms with Crippen LogP contribution in [0, 0.1) is 18.3 Å². The molecule has 0 radical (unpaired) electrons. The highest BCUT2D eigenvalue weighted by Crippen LogP contribution is 2.45. The number of halogens is 3. The third-order valence-electron chi connectivity index (χ3n) is 8.06. The fourth-order valence-electron chi connectivity index (χ4n) is 5.55. The summed E-state index contributed by atoms with van der Waals surface area (Å²) in [5.41, 5.74) is -0.843. The van der Waals surface area contributed by atoms with Gasteiger partial charge in [-0.05, 0) is 79.5 Å². The van der Waals surface area contributed by atoms with E-state index in [-0.39, 0.29) is 27.6 Å². The van der Waals surface area contributed by atoms with Gasteiger partial charge in [-0.2, -0.15) is 18.3 Å². The van der Waals surface area contributed by atoms with Gasteiger partial charge in [0.05, 0.1) is 23.9 Å². The van der Waals surface area contributed by atoms with E-state index in [9.17, 15) is 27.6 Å². The number of fused-ring (bicyclic) bond motifs is 1. The normalized spacial score (nSPS) is 15.0. The maximum Gasteiger partial charge on any atom is 0.418 e. The molecule has 0 bridgehead atoms. The monoisotopic (exact) mass is 623 g/mol. The molecule has 1 N–H and O–H groups in total. The van der Waals surface area contributed by atoms with Gasteiger partial charge in [-0.1, -0.05) is 32.9 Å². The zero-order valence-corrected chi connectivity index (χ0v) is 25.8. The summed E-state index contributed by atoms with van der Waals surface area (Å²) in [4.78, 5) is 41.5. The van der Waals surface area contributed by atoms with Crippen LogP contribution in [0.4, 0.5) is 18.2 Å². The molecule has 2 aromatic carbocycles. The molecule has 4 aromatic rings. The summed E-state index contributed by atoms with van der Waals surface area (Å²) >= 11 is 1.29. The number of carbonyl (C=O) groups is 2. The van der Waals surface area contributed by atoms with Gasteiger partial charge >= 0.3 is 6.18 Å². The van der Waals surface area contributed by atoms with E-state index < -0.39 is 28.8 Å². The van der Waals surface area contributed by atoms with Crippen LogP contribution in [0.15, 0.2) is 59.4 Å². The van der Waals surface area contributed by atoms with Crippen LogP contribution in [-0.2, 0) is 19.0 Å². The Bertz CT molecular complexity index is 1800. The van der Waals surface area contributed by atoms with E-state index in [0.29, 0.717) is 29.2 Å². The molecule has 1 unspecified atom stereocenters. The van der Waals surface area contributed by atoms with Gasteiger partial charge < -0.3 is 10.1 Å². The Kier molecular flexibility index (Phi) is 8.28. The van der Waals surface area contributed by atoms with Crippen LogP contribution in [0.5, 0.6) is 5.75 Å². The number of amides is 1. The van der Waals surface area contributed by atoms with Gasteiger partial charge in [0.15, 0.2) is 11.5 Å². The second-order valence-electron chi connectivity index (χ2n) is 12.0. The highest BCUT2D eigenvalue weighted by atomic mass is 32.1. The van der Waals surface area contributed by atoms with Crippen molar-refractivity contribution in [1.29, 1.82) is 0 Å². The Morgan fingerprint density at radius 2 is 1.75 bits per heavy atom. The number of hydrogen-bond acceptors (Lipinski definition) is 6. The number of rotatable bonds is 6. The van der Waals surface area contributed by atoms with Crippen LogP contribution in [0.2, 0.25) is 0 Å². The number of aryl methyl sites for hydroxylation is 1. The standard InChI is InChI=1S/C33H32F3N3O4S/c1-18-16-25(40)28(38-39(18)24-9-7-6-8-23(24)33(34,35)36)30(42)37-31-27(29(41)19-10-13-21(43-5)14-11-19)22-15-12-20(32(2,3)4)17-26(22)44-31/h6-11,13-14,16,20H,12,15,17H2,1-5H3,(H,37,42). The van der Waals surface area contributed by atoms with E-state index in [1.54, 1.807) is 24.3 Å². The van der Waals surface area contributed by atoms with Gasteiger partial charge in [0.25, 0.3) is 5.91 Å². The van der Waals surface area contributed by atoms with Crippen LogP contribution in [0.1, 0.15) is 75.3 Å². The lowest BCUT2D eigenvalue weighted by Gasteiger charge is -2.33. The Morgan fingerprint density at radius 3 is 2.39 bits per heavy atom. The van der Waals surface area contributed by atoms with Crippen molar-refractivity contribution in [1.82, 2.24) is 9.78 Å². The Morgan fingerprint density at radius 1 is 1.07 bits per heavy atom. The summed E-state index contributed by atoms with van der Waals surface area (Å²) in [6, 6.07) is 12.5. The predicted molar refractivity (Wildman–Crippen MR) is 163 cm³/mol. The van der Waals surface area contributed by atoms with Crippen molar-refractivity contribution in [2.75, 3.05) is 12.4 Å². The Balaban J connectivity index is 1.57. The molecule has 1 aliphatic carbocycles. The number of aromatic nitrogens is 2. The topological polar surface area (TPSA) is 90.3 Å². The molecule has 230 valence electrons. The molecule has 0 saturated carbocycles. The number of para-hydroxylation sites is 1. The van der Waals surface area contributed by atoms with Crippen molar-refractivity contribution in [2.24, 2.45) is 11.3 Å². The fourth-order valence-corrected chi connectivity index (χ4v) is 6.87. The number of thiophene rings is 1. The summed E-state index contributed by atoms with van der Waals surface area (Å²) in [5, 5.41) is 7.10. The molecule has 0 spiro atoms. The van der Waals surface area contributed by atoms with Gasteiger partial charge in [-0.15, -0.1) is 11.3 Å². The minimum absolute atomic E-state index is 0.0366. The maximum absolute atomic E-state index is 13.9. The summed E-state index contributed by atoms with van der Waals surface area (Å²) in [7, 11) is 1.53. The van der Waals surface area contributed by atoms with Crippen molar-refractivity contribution < 1.29 is 27.5 Å². The lowest BCUT2D eigenvalue weighted by Crippen LogP contribution is -2.28. The number of hydrogen-bond donors (Lipinski definition) is 1. The molecule has 2 heterocycles. The number of nitrogens with one attached hydrogen (secondary N) is 1. The zero-order valence-electron chi connectivity index (χ0n) is 25.0. The molecule has 44 heavy (non-hydrogen) atoms. The first kappa shape index (κ1) is 31.2. The lowest BCUT2D eigenvalue weighted by atomic mass is 9.72. The third-order valence-corrected chi connectivity index (χ3v) is 9.23. The van der Waals surface area contributed by atoms with Crippen LogP contribution in [0.3, 0.4) is 0 Å².